The number of hydrogen-bond donors (Lipinski definition) is 0. The molecule has 0 aliphatic rings. The summed E-state index contributed by atoms with van der Waals surface area (Å²) in [6.07, 6.45) is 1.53. The molecule has 0 aliphatic carbocycles. The van der Waals surface area contributed by atoms with Gasteiger partial charge in [0.15, 0.2) is 0 Å². The molecule has 0 saturated heterocycles. The molecule has 0 bridgehead atoms. The van der Waals surface area contributed by atoms with Gasteiger partial charge in [-0.1, -0.05) is 65.3 Å². The summed E-state index contributed by atoms with van der Waals surface area (Å²) < 4.78 is 6.86. The van der Waals surface area contributed by atoms with Gasteiger partial charge in [-0.05, 0) is 12.5 Å². The summed E-state index contributed by atoms with van der Waals surface area (Å²) in [7, 11) is 0. The molecule has 0 amide bonds. The summed E-state index contributed by atoms with van der Waals surface area (Å²) in [5.74, 6) is 0.859. The Balaban J connectivity index is 1.52. The number of benzene rings is 2. The number of nitrogens with zero attached hydrogens (tertiary/aromatic N) is 4. The van der Waals surface area contributed by atoms with Crippen LogP contribution >= 0.6 is 11.3 Å². The molecule has 0 N–H and O–H groups in total. The van der Waals surface area contributed by atoms with Gasteiger partial charge < -0.3 is 4.52 Å². The monoisotopic (exact) mass is 400 g/mol. The standard InChI is InChI=1S/C22H16N4O2S/c1-14-7-9-15(10-8-14)17-12-29-21-19(17)22(27)26(13-23-21)11-18-24-20(25-28-18)16-5-3-2-4-6-16/h2-10,12-13H,11H2,1H3. The molecule has 6 nitrogen and oxygen atoms in total. The Morgan fingerprint density at radius 1 is 1.03 bits per heavy atom. The van der Waals surface area contributed by atoms with Gasteiger partial charge in [0.2, 0.25) is 11.7 Å². The largest absolute Gasteiger partial charge is 0.337 e. The van der Waals surface area contributed by atoms with Crippen molar-refractivity contribution in [1.82, 2.24) is 19.7 Å². The Labute approximate surface area is 170 Å². The van der Waals surface area contributed by atoms with Gasteiger partial charge in [-0.15, -0.1) is 11.3 Å². The summed E-state index contributed by atoms with van der Waals surface area (Å²) >= 11 is 1.47. The van der Waals surface area contributed by atoms with Gasteiger partial charge in [-0.3, -0.25) is 9.36 Å². The van der Waals surface area contributed by atoms with Crippen LogP contribution in [-0.4, -0.2) is 19.7 Å². The van der Waals surface area contributed by atoms with Crippen molar-refractivity contribution in [2.24, 2.45) is 0 Å². The highest BCUT2D eigenvalue weighted by atomic mass is 32.1. The molecule has 0 fully saturated rings. The first kappa shape index (κ1) is 17.5. The number of rotatable bonds is 4. The first-order valence-electron chi connectivity index (χ1n) is 9.11. The summed E-state index contributed by atoms with van der Waals surface area (Å²) in [4.78, 5) is 22.8. The van der Waals surface area contributed by atoms with Crippen LogP contribution in [0.15, 0.2) is 75.6 Å². The van der Waals surface area contributed by atoms with Crippen LogP contribution in [0.4, 0.5) is 0 Å². The maximum Gasteiger partial charge on any atom is 0.263 e. The van der Waals surface area contributed by atoms with Crippen LogP contribution < -0.4 is 5.56 Å². The van der Waals surface area contributed by atoms with Crippen molar-refractivity contribution in [3.63, 3.8) is 0 Å². The Morgan fingerprint density at radius 3 is 2.62 bits per heavy atom. The van der Waals surface area contributed by atoms with Crippen LogP contribution in [0.3, 0.4) is 0 Å². The molecule has 0 atom stereocenters. The molecule has 29 heavy (non-hydrogen) atoms. The number of thiophene rings is 1. The molecule has 0 saturated carbocycles. The van der Waals surface area contributed by atoms with Gasteiger partial charge in [-0.25, -0.2) is 4.98 Å². The Hall–Kier alpha value is -3.58. The molecule has 0 radical (unpaired) electrons. The molecular formula is C22H16N4O2S. The van der Waals surface area contributed by atoms with E-state index < -0.39 is 0 Å². The minimum absolute atomic E-state index is 0.119. The minimum Gasteiger partial charge on any atom is -0.337 e. The lowest BCUT2D eigenvalue weighted by Crippen LogP contribution is -2.21. The van der Waals surface area contributed by atoms with E-state index in [9.17, 15) is 4.79 Å². The lowest BCUT2D eigenvalue weighted by molar-refractivity contribution is 0.369. The maximum atomic E-state index is 13.2. The quantitative estimate of drug-likeness (QED) is 0.443. The van der Waals surface area contributed by atoms with Crippen LogP contribution in [0.1, 0.15) is 11.5 Å². The third kappa shape index (κ3) is 3.25. The van der Waals surface area contributed by atoms with Gasteiger partial charge >= 0.3 is 0 Å². The number of aryl methyl sites for hydroxylation is 1. The molecule has 0 spiro atoms. The average Bonchev–Trinajstić information content (AvgIpc) is 3.39. The van der Waals surface area contributed by atoms with E-state index in [4.69, 9.17) is 4.52 Å². The van der Waals surface area contributed by atoms with Crippen LogP contribution in [0, 0.1) is 6.92 Å². The van der Waals surface area contributed by atoms with Crippen LogP contribution in [-0.2, 0) is 6.54 Å². The van der Waals surface area contributed by atoms with E-state index in [0.29, 0.717) is 17.1 Å². The van der Waals surface area contributed by atoms with Gasteiger partial charge in [0.05, 0.1) is 11.7 Å². The molecule has 5 aromatic rings. The second kappa shape index (κ2) is 7.10. The third-order valence-corrected chi connectivity index (χ3v) is 5.62. The molecule has 142 valence electrons. The molecule has 5 rings (SSSR count). The fourth-order valence-corrected chi connectivity index (χ4v) is 4.10. The molecule has 2 aromatic carbocycles. The van der Waals surface area contributed by atoms with E-state index in [2.05, 4.69) is 15.1 Å². The van der Waals surface area contributed by atoms with E-state index in [1.54, 1.807) is 0 Å². The van der Waals surface area contributed by atoms with Crippen molar-refractivity contribution in [3.05, 3.63) is 88.1 Å². The van der Waals surface area contributed by atoms with Crippen LogP contribution in [0.25, 0.3) is 32.7 Å². The number of aromatic nitrogens is 4. The summed E-state index contributed by atoms with van der Waals surface area (Å²) in [5, 5.41) is 6.61. The van der Waals surface area contributed by atoms with Gasteiger partial charge in [0.25, 0.3) is 5.56 Å². The number of fused-ring (bicyclic) bond motifs is 1. The highest BCUT2D eigenvalue weighted by Gasteiger charge is 2.15. The zero-order chi connectivity index (χ0) is 19.8. The van der Waals surface area contributed by atoms with Crippen molar-refractivity contribution in [3.8, 4) is 22.5 Å². The van der Waals surface area contributed by atoms with E-state index in [0.717, 1.165) is 21.5 Å². The van der Waals surface area contributed by atoms with Crippen molar-refractivity contribution in [2.75, 3.05) is 0 Å². The summed E-state index contributed by atoms with van der Waals surface area (Å²) in [6.45, 7) is 2.21. The smallest absolute Gasteiger partial charge is 0.263 e. The SMILES string of the molecule is Cc1ccc(-c2csc3ncn(Cc4nc(-c5ccccc5)no4)c(=O)c23)cc1. The summed E-state index contributed by atoms with van der Waals surface area (Å²) in [5.41, 5.74) is 3.82. The Bertz CT molecular complexity index is 1350. The first-order chi connectivity index (χ1) is 14.2. The summed E-state index contributed by atoms with van der Waals surface area (Å²) in [6, 6.07) is 17.7. The predicted octanol–water partition coefficient (Wildman–Crippen LogP) is 4.53. The van der Waals surface area contributed by atoms with Gasteiger partial charge in [0.1, 0.15) is 11.4 Å². The van der Waals surface area contributed by atoms with E-state index in [1.807, 2.05) is 66.9 Å². The van der Waals surface area contributed by atoms with Crippen LogP contribution in [0.2, 0.25) is 0 Å². The molecular weight excluding hydrogens is 384 g/mol. The second-order valence-electron chi connectivity index (χ2n) is 6.75. The molecule has 0 aliphatic heterocycles. The van der Waals surface area contributed by atoms with Gasteiger partial charge in [-0.2, -0.15) is 4.98 Å². The zero-order valence-corrected chi connectivity index (χ0v) is 16.4. The van der Waals surface area contributed by atoms with Crippen molar-refractivity contribution >= 4 is 21.6 Å². The normalized spacial score (nSPS) is 11.2. The highest BCUT2D eigenvalue weighted by molar-refractivity contribution is 7.17. The lowest BCUT2D eigenvalue weighted by atomic mass is 10.1. The second-order valence-corrected chi connectivity index (χ2v) is 7.61. The predicted molar refractivity (Wildman–Crippen MR) is 113 cm³/mol. The Kier molecular flexibility index (Phi) is 4.29. The minimum atomic E-state index is -0.119. The first-order valence-corrected chi connectivity index (χ1v) is 9.99. The van der Waals surface area contributed by atoms with E-state index in [-0.39, 0.29) is 12.1 Å². The maximum absolute atomic E-state index is 13.2. The highest BCUT2D eigenvalue weighted by Crippen LogP contribution is 2.30. The van der Waals surface area contributed by atoms with Crippen LogP contribution in [0.5, 0.6) is 0 Å². The van der Waals surface area contributed by atoms with Crippen molar-refractivity contribution in [2.45, 2.75) is 13.5 Å². The van der Waals surface area contributed by atoms with E-state index >= 15 is 0 Å². The average molecular weight is 400 g/mol. The van der Waals surface area contributed by atoms with Crippen molar-refractivity contribution < 1.29 is 4.52 Å². The topological polar surface area (TPSA) is 73.8 Å². The fourth-order valence-electron chi connectivity index (χ4n) is 3.20. The van der Waals surface area contributed by atoms with Crippen molar-refractivity contribution in [1.29, 1.82) is 0 Å². The lowest BCUT2D eigenvalue weighted by Gasteiger charge is -2.04. The molecule has 3 heterocycles. The van der Waals surface area contributed by atoms with Gasteiger partial charge in [0, 0.05) is 16.5 Å². The third-order valence-electron chi connectivity index (χ3n) is 4.73. The molecule has 0 unspecified atom stereocenters. The Morgan fingerprint density at radius 2 is 1.83 bits per heavy atom. The van der Waals surface area contributed by atoms with E-state index in [1.165, 1.54) is 27.8 Å². The fraction of sp³-hybridized carbons (Fsp3) is 0.0909. The number of hydrogen-bond acceptors (Lipinski definition) is 6. The molecule has 7 heteroatoms. The molecule has 3 aromatic heterocycles. The zero-order valence-electron chi connectivity index (χ0n) is 15.6.